The summed E-state index contributed by atoms with van der Waals surface area (Å²) in [5.41, 5.74) is 8.45. The summed E-state index contributed by atoms with van der Waals surface area (Å²) in [6, 6.07) is 8.74. The van der Waals surface area contributed by atoms with Crippen molar-refractivity contribution in [3.05, 3.63) is 41.6 Å². The van der Waals surface area contributed by atoms with E-state index >= 15 is 0 Å². The lowest BCUT2D eigenvalue weighted by Gasteiger charge is -2.08. The van der Waals surface area contributed by atoms with Crippen molar-refractivity contribution in [2.24, 2.45) is 0 Å². The summed E-state index contributed by atoms with van der Waals surface area (Å²) in [7, 11) is -3.23. The van der Waals surface area contributed by atoms with Gasteiger partial charge in [0.1, 0.15) is 5.03 Å². The Morgan fingerprint density at radius 1 is 1.15 bits per heavy atom. The zero-order valence-electron chi connectivity index (χ0n) is 11.5. The number of anilines is 1. The maximum absolute atomic E-state index is 11.5. The number of aryl methyl sites for hydroxylation is 2. The van der Waals surface area contributed by atoms with Crippen LogP contribution in [0, 0.1) is 13.8 Å². The predicted molar refractivity (Wildman–Crippen MR) is 81.8 cm³/mol. The summed E-state index contributed by atoms with van der Waals surface area (Å²) in [5.74, 6) is 0. The molecule has 0 aliphatic rings. The molecule has 2 N–H and O–H groups in total. The zero-order valence-corrected chi connectivity index (χ0v) is 13.2. The highest BCUT2D eigenvalue weighted by Crippen LogP contribution is 2.32. The van der Waals surface area contributed by atoms with Crippen molar-refractivity contribution in [3.63, 3.8) is 0 Å². The lowest BCUT2D eigenvalue weighted by molar-refractivity contribution is 0.602. The van der Waals surface area contributed by atoms with Gasteiger partial charge in [0, 0.05) is 22.5 Å². The Morgan fingerprint density at radius 3 is 2.40 bits per heavy atom. The molecule has 0 unspecified atom stereocenters. The molecule has 1 aromatic heterocycles. The van der Waals surface area contributed by atoms with Crippen LogP contribution >= 0.6 is 11.8 Å². The summed E-state index contributed by atoms with van der Waals surface area (Å²) in [4.78, 5) is 5.46. The van der Waals surface area contributed by atoms with E-state index in [1.54, 1.807) is 12.1 Å². The minimum absolute atomic E-state index is 0.229. The first-order chi connectivity index (χ1) is 9.25. The number of pyridine rings is 1. The van der Waals surface area contributed by atoms with E-state index in [0.717, 1.165) is 21.2 Å². The highest BCUT2D eigenvalue weighted by Gasteiger charge is 2.11. The molecule has 4 nitrogen and oxygen atoms in total. The van der Waals surface area contributed by atoms with Crippen LogP contribution in [0.2, 0.25) is 0 Å². The van der Waals surface area contributed by atoms with Crippen LogP contribution in [-0.4, -0.2) is 19.7 Å². The fraction of sp³-hybridized carbons (Fsp3) is 0.214. The summed E-state index contributed by atoms with van der Waals surface area (Å²) >= 11 is 1.43. The second-order valence-corrected chi connectivity index (χ2v) is 7.78. The van der Waals surface area contributed by atoms with Crippen molar-refractivity contribution in [2.75, 3.05) is 12.0 Å². The van der Waals surface area contributed by atoms with Gasteiger partial charge in [-0.05, 0) is 49.7 Å². The van der Waals surface area contributed by atoms with E-state index in [1.807, 2.05) is 26.0 Å². The summed E-state index contributed by atoms with van der Waals surface area (Å²) in [5, 5.41) is 0.848. The minimum atomic E-state index is -3.23. The lowest BCUT2D eigenvalue weighted by atomic mass is 10.3. The first-order valence-electron chi connectivity index (χ1n) is 5.98. The maximum atomic E-state index is 11.5. The monoisotopic (exact) mass is 308 g/mol. The first kappa shape index (κ1) is 14.9. The third-order valence-electron chi connectivity index (χ3n) is 2.70. The van der Waals surface area contributed by atoms with Crippen LogP contribution in [0.25, 0.3) is 0 Å². The van der Waals surface area contributed by atoms with Gasteiger partial charge >= 0.3 is 0 Å². The maximum Gasteiger partial charge on any atom is 0.175 e. The zero-order chi connectivity index (χ0) is 14.9. The van der Waals surface area contributed by atoms with Gasteiger partial charge in [-0.2, -0.15) is 0 Å². The van der Waals surface area contributed by atoms with Crippen LogP contribution < -0.4 is 5.73 Å². The molecule has 2 rings (SSSR count). The highest BCUT2D eigenvalue weighted by molar-refractivity contribution is 7.99. The van der Waals surface area contributed by atoms with Crippen molar-refractivity contribution in [3.8, 4) is 0 Å². The van der Waals surface area contributed by atoms with Gasteiger partial charge in [-0.25, -0.2) is 13.4 Å². The molecule has 1 aromatic carbocycles. The molecular weight excluding hydrogens is 292 g/mol. The van der Waals surface area contributed by atoms with Crippen LogP contribution in [0.15, 0.2) is 45.1 Å². The van der Waals surface area contributed by atoms with Gasteiger partial charge in [0.2, 0.25) is 0 Å². The number of nitrogens with two attached hydrogens (primary N) is 1. The van der Waals surface area contributed by atoms with Gasteiger partial charge < -0.3 is 5.73 Å². The van der Waals surface area contributed by atoms with Gasteiger partial charge in [-0.3, -0.25) is 0 Å². The Hall–Kier alpha value is -1.53. The lowest BCUT2D eigenvalue weighted by Crippen LogP contribution is -1.99. The average Bonchev–Trinajstić information content (AvgIpc) is 2.29. The van der Waals surface area contributed by atoms with E-state index in [-0.39, 0.29) is 4.90 Å². The molecule has 0 radical (unpaired) electrons. The Bertz CT molecular complexity index is 736. The van der Waals surface area contributed by atoms with Crippen molar-refractivity contribution < 1.29 is 8.42 Å². The number of nitrogens with zero attached hydrogens (tertiary/aromatic N) is 1. The topological polar surface area (TPSA) is 73.0 Å². The van der Waals surface area contributed by atoms with Gasteiger partial charge in [-0.15, -0.1) is 0 Å². The third kappa shape index (κ3) is 3.52. The van der Waals surface area contributed by atoms with Crippen LogP contribution in [-0.2, 0) is 9.84 Å². The predicted octanol–water partition coefficient (Wildman–Crippen LogP) is 2.84. The smallest absolute Gasteiger partial charge is 0.175 e. The number of aromatic nitrogens is 1. The summed E-state index contributed by atoms with van der Waals surface area (Å²) in [6.07, 6.45) is 1.17. The SMILES string of the molecule is Cc1cc(C)nc(Sc2ccc(S(C)(=O)=O)cc2N)c1. The standard InChI is InChI=1S/C14H16N2O2S2/c1-9-6-10(2)16-14(7-9)19-13-5-4-11(8-12(13)15)20(3,17)18/h4-8H,15H2,1-3H3. The van der Waals surface area contributed by atoms with Crippen LogP contribution in [0.1, 0.15) is 11.3 Å². The van der Waals surface area contributed by atoms with E-state index in [2.05, 4.69) is 4.98 Å². The highest BCUT2D eigenvalue weighted by atomic mass is 32.2. The number of benzene rings is 1. The normalized spacial score (nSPS) is 11.6. The first-order valence-corrected chi connectivity index (χ1v) is 8.69. The second kappa shape index (κ2) is 5.46. The quantitative estimate of drug-likeness (QED) is 0.883. The Morgan fingerprint density at radius 2 is 1.85 bits per heavy atom. The number of hydrogen-bond acceptors (Lipinski definition) is 5. The van der Waals surface area contributed by atoms with E-state index in [4.69, 9.17) is 5.73 Å². The fourth-order valence-corrected chi connectivity index (χ4v) is 3.45. The fourth-order valence-electron chi connectivity index (χ4n) is 1.82. The molecule has 0 spiro atoms. The molecule has 106 valence electrons. The molecule has 0 aliphatic heterocycles. The second-order valence-electron chi connectivity index (χ2n) is 4.70. The molecule has 2 aromatic rings. The van der Waals surface area contributed by atoms with E-state index in [9.17, 15) is 8.42 Å². The van der Waals surface area contributed by atoms with Crippen LogP contribution in [0.4, 0.5) is 5.69 Å². The molecule has 0 fully saturated rings. The Labute approximate surface area is 123 Å². The van der Waals surface area contributed by atoms with Crippen LogP contribution in [0.5, 0.6) is 0 Å². The van der Waals surface area contributed by atoms with Crippen molar-refractivity contribution >= 4 is 27.3 Å². The van der Waals surface area contributed by atoms with E-state index in [1.165, 1.54) is 24.1 Å². The van der Waals surface area contributed by atoms with Crippen molar-refractivity contribution in [1.82, 2.24) is 4.98 Å². The van der Waals surface area contributed by atoms with E-state index in [0.29, 0.717) is 5.69 Å². The Balaban J connectivity index is 2.35. The molecule has 0 amide bonds. The number of sulfone groups is 1. The molecule has 0 bridgehead atoms. The van der Waals surface area contributed by atoms with Crippen molar-refractivity contribution in [2.45, 2.75) is 28.7 Å². The van der Waals surface area contributed by atoms with Gasteiger partial charge in [0.15, 0.2) is 9.84 Å². The molecule has 0 saturated heterocycles. The van der Waals surface area contributed by atoms with Gasteiger partial charge in [0.25, 0.3) is 0 Å². The molecule has 0 saturated carbocycles. The van der Waals surface area contributed by atoms with E-state index < -0.39 is 9.84 Å². The molecule has 20 heavy (non-hydrogen) atoms. The molecule has 0 atom stereocenters. The van der Waals surface area contributed by atoms with Crippen molar-refractivity contribution in [1.29, 1.82) is 0 Å². The third-order valence-corrected chi connectivity index (χ3v) is 4.82. The van der Waals surface area contributed by atoms with Gasteiger partial charge in [0.05, 0.1) is 4.90 Å². The van der Waals surface area contributed by atoms with Gasteiger partial charge in [-0.1, -0.05) is 11.8 Å². The largest absolute Gasteiger partial charge is 0.398 e. The minimum Gasteiger partial charge on any atom is -0.398 e. The number of rotatable bonds is 3. The Kier molecular flexibility index (Phi) is 4.06. The molecule has 0 aliphatic carbocycles. The summed E-state index contributed by atoms with van der Waals surface area (Å²) < 4.78 is 22.9. The average molecular weight is 308 g/mol. The number of nitrogen functional groups attached to an aromatic ring is 1. The number of hydrogen-bond donors (Lipinski definition) is 1. The molecule has 1 heterocycles. The molecule has 6 heteroatoms. The van der Waals surface area contributed by atoms with Crippen LogP contribution in [0.3, 0.4) is 0 Å². The summed E-state index contributed by atoms with van der Waals surface area (Å²) in [6.45, 7) is 3.95. The molecular formula is C14H16N2O2S2.